The Balaban J connectivity index is 1.30. The Morgan fingerprint density at radius 3 is 2.48 bits per heavy atom. The van der Waals surface area contributed by atoms with Gasteiger partial charge in [-0.05, 0) is 41.8 Å². The first kappa shape index (κ1) is 20.6. The number of nitrogens with zero attached hydrogens (tertiary/aromatic N) is 4. The van der Waals surface area contributed by atoms with E-state index in [2.05, 4.69) is 20.6 Å². The summed E-state index contributed by atoms with van der Waals surface area (Å²) >= 11 is 0. The number of aliphatic imine (C=N–C) groups is 1. The Morgan fingerprint density at radius 2 is 1.87 bits per heavy atom. The molecule has 3 aromatic rings. The first-order valence-electron chi connectivity index (χ1n) is 10.2. The van der Waals surface area contributed by atoms with Crippen molar-refractivity contribution in [1.29, 1.82) is 0 Å². The third-order valence-corrected chi connectivity index (χ3v) is 5.26. The van der Waals surface area contributed by atoms with Gasteiger partial charge < -0.3 is 20.1 Å². The van der Waals surface area contributed by atoms with Crippen LogP contribution in [0.5, 0.6) is 0 Å². The van der Waals surface area contributed by atoms with E-state index in [0.29, 0.717) is 31.2 Å². The van der Waals surface area contributed by atoms with Crippen LogP contribution in [0.4, 0.5) is 10.1 Å². The van der Waals surface area contributed by atoms with E-state index in [1.807, 2.05) is 35.2 Å². The lowest BCUT2D eigenvalue weighted by atomic mass is 10.2. The van der Waals surface area contributed by atoms with Crippen molar-refractivity contribution in [1.82, 2.24) is 20.2 Å². The highest BCUT2D eigenvalue weighted by atomic mass is 19.1. The van der Waals surface area contributed by atoms with Gasteiger partial charge in [0.2, 0.25) is 5.91 Å². The maximum atomic E-state index is 14.4. The standard InChI is InChI=1S/C23H25FN6O/c1-25-23(27-14-17-4-7-19(8-5-17)30-11-2-3-22(30)31)28-15-18-6-9-21(20(24)13-18)29-12-10-26-16-29/h4-10,12-13,16H,2-3,11,14-15H2,1H3,(H2,25,27,28). The summed E-state index contributed by atoms with van der Waals surface area (Å²) in [5, 5.41) is 6.45. The molecule has 8 heteroatoms. The molecular weight excluding hydrogens is 395 g/mol. The van der Waals surface area contributed by atoms with E-state index in [9.17, 15) is 9.18 Å². The third-order valence-electron chi connectivity index (χ3n) is 5.26. The van der Waals surface area contributed by atoms with Crippen molar-refractivity contribution in [2.24, 2.45) is 4.99 Å². The molecule has 1 aromatic heterocycles. The summed E-state index contributed by atoms with van der Waals surface area (Å²) in [4.78, 5) is 21.9. The smallest absolute Gasteiger partial charge is 0.227 e. The lowest BCUT2D eigenvalue weighted by Crippen LogP contribution is -2.36. The molecule has 31 heavy (non-hydrogen) atoms. The Kier molecular flexibility index (Phi) is 6.26. The first-order valence-corrected chi connectivity index (χ1v) is 10.2. The molecule has 0 radical (unpaired) electrons. The van der Waals surface area contributed by atoms with Gasteiger partial charge in [-0.15, -0.1) is 0 Å². The van der Waals surface area contributed by atoms with Crippen LogP contribution in [0.15, 0.2) is 66.2 Å². The molecule has 2 heterocycles. The Bertz CT molecular complexity index is 1060. The van der Waals surface area contributed by atoms with Gasteiger partial charge in [-0.25, -0.2) is 9.37 Å². The summed E-state index contributed by atoms with van der Waals surface area (Å²) in [6, 6.07) is 13.1. The molecule has 160 valence electrons. The summed E-state index contributed by atoms with van der Waals surface area (Å²) in [7, 11) is 1.69. The van der Waals surface area contributed by atoms with Crippen molar-refractivity contribution in [3.8, 4) is 5.69 Å². The Labute approximate surface area is 180 Å². The molecule has 1 amide bonds. The fourth-order valence-electron chi connectivity index (χ4n) is 3.58. The van der Waals surface area contributed by atoms with Crippen molar-refractivity contribution >= 4 is 17.6 Å². The van der Waals surface area contributed by atoms with Crippen LogP contribution in [0, 0.1) is 5.82 Å². The average Bonchev–Trinajstić information content (AvgIpc) is 3.46. The van der Waals surface area contributed by atoms with Crippen molar-refractivity contribution in [3.63, 3.8) is 0 Å². The predicted molar refractivity (Wildman–Crippen MR) is 119 cm³/mol. The minimum absolute atomic E-state index is 0.185. The molecule has 4 rings (SSSR count). The van der Waals surface area contributed by atoms with Gasteiger partial charge in [0.05, 0.1) is 12.0 Å². The monoisotopic (exact) mass is 420 g/mol. The quantitative estimate of drug-likeness (QED) is 0.475. The van der Waals surface area contributed by atoms with E-state index < -0.39 is 0 Å². The Hall–Kier alpha value is -3.68. The molecule has 2 N–H and O–H groups in total. The minimum atomic E-state index is -0.308. The average molecular weight is 420 g/mol. The number of anilines is 1. The number of carbonyl (C=O) groups is 1. The van der Waals surface area contributed by atoms with E-state index >= 15 is 0 Å². The number of rotatable bonds is 6. The number of hydrogen-bond acceptors (Lipinski definition) is 3. The maximum absolute atomic E-state index is 14.4. The van der Waals surface area contributed by atoms with E-state index in [1.165, 1.54) is 6.07 Å². The summed E-state index contributed by atoms with van der Waals surface area (Å²) in [6.45, 7) is 1.82. The van der Waals surface area contributed by atoms with Crippen molar-refractivity contribution < 1.29 is 9.18 Å². The van der Waals surface area contributed by atoms with Gasteiger partial charge in [-0.3, -0.25) is 9.79 Å². The number of aromatic nitrogens is 2. The fraction of sp³-hybridized carbons (Fsp3) is 0.261. The van der Waals surface area contributed by atoms with Crippen LogP contribution >= 0.6 is 0 Å². The highest BCUT2D eigenvalue weighted by Gasteiger charge is 2.21. The SMILES string of the molecule is CN=C(NCc1ccc(N2CCCC2=O)cc1)NCc1ccc(-n2ccnc2)c(F)c1. The second-order valence-electron chi connectivity index (χ2n) is 7.35. The molecule has 7 nitrogen and oxygen atoms in total. The maximum Gasteiger partial charge on any atom is 0.227 e. The van der Waals surface area contributed by atoms with Gasteiger partial charge in [0.15, 0.2) is 5.96 Å². The van der Waals surface area contributed by atoms with Gasteiger partial charge in [0, 0.05) is 51.2 Å². The number of halogens is 1. The molecule has 0 spiro atoms. The number of imidazole rings is 1. The van der Waals surface area contributed by atoms with Crippen LogP contribution in [0.3, 0.4) is 0 Å². The Morgan fingerprint density at radius 1 is 1.13 bits per heavy atom. The summed E-state index contributed by atoms with van der Waals surface area (Å²) in [5.41, 5.74) is 3.29. The van der Waals surface area contributed by atoms with Gasteiger partial charge in [-0.2, -0.15) is 0 Å². The van der Waals surface area contributed by atoms with Crippen LogP contribution in [0.2, 0.25) is 0 Å². The molecule has 2 aromatic carbocycles. The number of amides is 1. The molecular formula is C23H25FN6O. The van der Waals surface area contributed by atoms with E-state index in [4.69, 9.17) is 0 Å². The molecule has 1 fully saturated rings. The van der Waals surface area contributed by atoms with Gasteiger partial charge >= 0.3 is 0 Å². The molecule has 0 unspecified atom stereocenters. The van der Waals surface area contributed by atoms with E-state index in [-0.39, 0.29) is 11.7 Å². The fourth-order valence-corrected chi connectivity index (χ4v) is 3.58. The molecule has 1 aliphatic rings. The van der Waals surface area contributed by atoms with Crippen LogP contribution in [0.1, 0.15) is 24.0 Å². The highest BCUT2D eigenvalue weighted by molar-refractivity contribution is 5.95. The van der Waals surface area contributed by atoms with Crippen molar-refractivity contribution in [3.05, 3.63) is 78.1 Å². The molecule has 1 aliphatic heterocycles. The van der Waals surface area contributed by atoms with Crippen molar-refractivity contribution in [2.45, 2.75) is 25.9 Å². The number of carbonyl (C=O) groups excluding carboxylic acids is 1. The summed E-state index contributed by atoms with van der Waals surface area (Å²) in [5.74, 6) is 0.500. The van der Waals surface area contributed by atoms with Gasteiger partial charge in [0.1, 0.15) is 5.82 Å². The third kappa shape index (κ3) is 4.91. The molecule has 0 bridgehead atoms. The number of hydrogen-bond donors (Lipinski definition) is 2. The second-order valence-corrected chi connectivity index (χ2v) is 7.35. The molecule has 0 atom stereocenters. The normalized spacial score (nSPS) is 14.2. The molecule has 0 aliphatic carbocycles. The van der Waals surface area contributed by atoms with Crippen LogP contribution in [-0.2, 0) is 17.9 Å². The van der Waals surface area contributed by atoms with Gasteiger partial charge in [0.25, 0.3) is 0 Å². The van der Waals surface area contributed by atoms with E-state index in [0.717, 1.165) is 29.8 Å². The lowest BCUT2D eigenvalue weighted by molar-refractivity contribution is -0.117. The predicted octanol–water partition coefficient (Wildman–Crippen LogP) is 3.00. The summed E-state index contributed by atoms with van der Waals surface area (Å²) in [6.07, 6.45) is 6.43. The molecule has 1 saturated heterocycles. The minimum Gasteiger partial charge on any atom is -0.352 e. The zero-order valence-electron chi connectivity index (χ0n) is 17.4. The topological polar surface area (TPSA) is 74.6 Å². The second kappa shape index (κ2) is 9.42. The number of benzene rings is 2. The summed E-state index contributed by atoms with van der Waals surface area (Å²) < 4.78 is 16.0. The number of guanidine groups is 1. The van der Waals surface area contributed by atoms with Crippen LogP contribution in [0.25, 0.3) is 5.69 Å². The zero-order chi connectivity index (χ0) is 21.6. The highest BCUT2D eigenvalue weighted by Crippen LogP contribution is 2.21. The van der Waals surface area contributed by atoms with Crippen LogP contribution < -0.4 is 15.5 Å². The van der Waals surface area contributed by atoms with Gasteiger partial charge in [-0.1, -0.05) is 18.2 Å². The van der Waals surface area contributed by atoms with Crippen LogP contribution in [-0.4, -0.2) is 35.0 Å². The zero-order valence-corrected chi connectivity index (χ0v) is 17.4. The largest absolute Gasteiger partial charge is 0.352 e. The van der Waals surface area contributed by atoms with Crippen molar-refractivity contribution in [2.75, 3.05) is 18.5 Å². The lowest BCUT2D eigenvalue weighted by Gasteiger charge is -2.16. The number of nitrogens with one attached hydrogen (secondary N) is 2. The molecule has 0 saturated carbocycles. The van der Waals surface area contributed by atoms with E-state index in [1.54, 1.807) is 36.4 Å². The first-order chi connectivity index (χ1) is 15.1.